The van der Waals surface area contributed by atoms with Crippen LogP contribution in [0.3, 0.4) is 0 Å². The molecule has 0 saturated carbocycles. The molecule has 220 valence electrons. The normalized spacial score (nSPS) is 18.1. The molecule has 0 saturated heterocycles. The fraction of sp³-hybridized carbons (Fsp3) is 0.306. The van der Waals surface area contributed by atoms with Crippen LogP contribution in [0.2, 0.25) is 0 Å². The topological polar surface area (TPSA) is 41.9 Å². The number of unbranched alkanes of at least 4 members (excludes halogenated alkanes) is 1. The first-order chi connectivity index (χ1) is 20.7. The lowest BCUT2D eigenvalue weighted by Gasteiger charge is -2.45. The number of likely N-dealkylation sites (N-methyl/N-ethyl adjacent to an activating group) is 1. The van der Waals surface area contributed by atoms with Gasteiger partial charge in [-0.3, -0.25) is 4.99 Å². The summed E-state index contributed by atoms with van der Waals surface area (Å²) in [6, 6.07) is 26.4. The smallest absolute Gasteiger partial charge is 0.343 e. The fourth-order valence-corrected chi connectivity index (χ4v) is 8.59. The van der Waals surface area contributed by atoms with Gasteiger partial charge in [0, 0.05) is 41.9 Å². The van der Waals surface area contributed by atoms with Gasteiger partial charge in [0.25, 0.3) is 0 Å². The molecule has 0 aromatic heterocycles. The Morgan fingerprint density at radius 1 is 1.02 bits per heavy atom. The van der Waals surface area contributed by atoms with Gasteiger partial charge in [-0.2, -0.15) is 0 Å². The number of benzene rings is 4. The van der Waals surface area contributed by atoms with Crippen LogP contribution in [0, 0.1) is 0 Å². The minimum absolute atomic E-state index is 0.112. The van der Waals surface area contributed by atoms with Crippen molar-refractivity contribution < 1.29 is 9.53 Å². The van der Waals surface area contributed by atoms with Gasteiger partial charge in [0.2, 0.25) is 0 Å². The van der Waals surface area contributed by atoms with Crippen LogP contribution in [-0.2, 0) is 17.6 Å². The van der Waals surface area contributed by atoms with E-state index in [1.165, 1.54) is 29.7 Å². The van der Waals surface area contributed by atoms with E-state index in [2.05, 4.69) is 75.3 Å². The number of para-hydroxylation sites is 1. The van der Waals surface area contributed by atoms with Crippen LogP contribution in [0.15, 0.2) is 83.9 Å². The highest BCUT2D eigenvalue weighted by Gasteiger charge is 2.55. The Hall–Kier alpha value is -3.13. The molecule has 0 bridgehead atoms. The van der Waals surface area contributed by atoms with Gasteiger partial charge in [0.05, 0.1) is 16.8 Å². The third kappa shape index (κ3) is 5.52. The maximum absolute atomic E-state index is 13.1. The number of carbonyl (C=O) groups is 1. The standard InChI is InChI=1S/C36H36N2O2S3/c1-5-6-19-42-34(41)43-22-24-11-13-26(14-12-24)33(39)40-28-18-17-25-15-16-27-21-36(23-37-32(27)29(25)20-28)35(2,3)30-9-7-8-10-31(30)38(36)4/h7-18,20,23H,5-6,19,21-22H2,1-4H3. The van der Waals surface area contributed by atoms with Gasteiger partial charge in [0.1, 0.15) is 9.28 Å². The SMILES string of the molecule is CCCCSC(=S)SCc1ccc(C(=O)Oc2ccc3ccc4c(c3c2)N=CC2(C4)N(C)c3ccccc3C2(C)C)cc1. The average molecular weight is 625 g/mol. The van der Waals surface area contributed by atoms with E-state index < -0.39 is 0 Å². The molecule has 4 aromatic carbocycles. The summed E-state index contributed by atoms with van der Waals surface area (Å²) < 4.78 is 6.82. The number of fused-ring (bicyclic) bond motifs is 4. The first kappa shape index (κ1) is 29.9. The molecule has 0 N–H and O–H groups in total. The van der Waals surface area contributed by atoms with Gasteiger partial charge in [-0.15, -0.1) is 23.5 Å². The Morgan fingerprint density at radius 2 is 1.79 bits per heavy atom. The monoisotopic (exact) mass is 624 g/mol. The van der Waals surface area contributed by atoms with E-state index in [4.69, 9.17) is 21.9 Å². The van der Waals surface area contributed by atoms with Gasteiger partial charge in [-0.25, -0.2) is 4.79 Å². The number of thioether (sulfide) groups is 2. The lowest BCUT2D eigenvalue weighted by atomic mass is 9.67. The van der Waals surface area contributed by atoms with Crippen molar-refractivity contribution in [2.45, 2.75) is 56.7 Å². The maximum atomic E-state index is 13.1. The van der Waals surface area contributed by atoms with Crippen LogP contribution in [0.1, 0.15) is 60.7 Å². The lowest BCUT2D eigenvalue weighted by molar-refractivity contribution is 0.0735. The zero-order valence-electron chi connectivity index (χ0n) is 25.1. The summed E-state index contributed by atoms with van der Waals surface area (Å²) in [6.45, 7) is 6.83. The number of hydrogen-bond acceptors (Lipinski definition) is 7. The van der Waals surface area contributed by atoms with E-state index in [0.29, 0.717) is 11.3 Å². The number of thiocarbonyl (C=S) groups is 1. The highest BCUT2D eigenvalue weighted by molar-refractivity contribution is 8.46. The number of esters is 1. The van der Waals surface area contributed by atoms with E-state index in [1.54, 1.807) is 23.5 Å². The van der Waals surface area contributed by atoms with Crippen LogP contribution < -0.4 is 9.64 Å². The van der Waals surface area contributed by atoms with Crippen LogP contribution in [-0.4, -0.2) is 34.1 Å². The second-order valence-corrected chi connectivity index (χ2v) is 15.1. The van der Waals surface area contributed by atoms with Crippen LogP contribution in [0.4, 0.5) is 11.4 Å². The molecule has 43 heavy (non-hydrogen) atoms. The molecule has 6 rings (SSSR count). The number of hydrogen-bond donors (Lipinski definition) is 0. The predicted octanol–water partition coefficient (Wildman–Crippen LogP) is 9.54. The molecule has 0 aliphatic carbocycles. The van der Waals surface area contributed by atoms with Gasteiger partial charge in [0.15, 0.2) is 0 Å². The molecule has 0 radical (unpaired) electrons. The Balaban J connectivity index is 1.18. The van der Waals surface area contributed by atoms with Crippen molar-refractivity contribution >= 4 is 73.6 Å². The van der Waals surface area contributed by atoms with E-state index in [1.807, 2.05) is 42.5 Å². The number of anilines is 1. The number of rotatable bonds is 7. The van der Waals surface area contributed by atoms with Crippen LogP contribution in [0.5, 0.6) is 5.75 Å². The molecule has 1 atom stereocenters. The zero-order valence-corrected chi connectivity index (χ0v) is 27.5. The third-order valence-electron chi connectivity index (χ3n) is 9.01. The molecule has 0 amide bonds. The molecule has 2 aliphatic heterocycles. The summed E-state index contributed by atoms with van der Waals surface area (Å²) in [6.07, 6.45) is 5.35. The molecule has 2 aliphatic rings. The summed E-state index contributed by atoms with van der Waals surface area (Å²) in [7, 11) is 2.18. The quantitative estimate of drug-likeness (QED) is 0.0883. The second kappa shape index (κ2) is 12.1. The van der Waals surface area contributed by atoms with Gasteiger partial charge in [-0.05, 0) is 64.6 Å². The average Bonchev–Trinajstić information content (AvgIpc) is 3.18. The zero-order chi connectivity index (χ0) is 30.2. The summed E-state index contributed by atoms with van der Waals surface area (Å²) >= 11 is 8.90. The third-order valence-corrected chi connectivity index (χ3v) is 11.9. The lowest BCUT2D eigenvalue weighted by Crippen LogP contribution is -2.58. The number of carbonyl (C=O) groups excluding carboxylic acids is 1. The summed E-state index contributed by atoms with van der Waals surface area (Å²) in [5.41, 5.74) is 6.04. The van der Waals surface area contributed by atoms with E-state index >= 15 is 0 Å². The minimum atomic E-state index is -0.372. The van der Waals surface area contributed by atoms with Crippen molar-refractivity contribution in [3.05, 3.63) is 101 Å². The molecular weight excluding hydrogens is 589 g/mol. The van der Waals surface area contributed by atoms with Crippen molar-refractivity contribution in [3.63, 3.8) is 0 Å². The first-order valence-electron chi connectivity index (χ1n) is 14.8. The predicted molar refractivity (Wildman–Crippen MR) is 189 cm³/mol. The Labute approximate surface area is 268 Å². The van der Waals surface area contributed by atoms with Crippen molar-refractivity contribution in [1.29, 1.82) is 0 Å². The largest absolute Gasteiger partial charge is 0.423 e. The van der Waals surface area contributed by atoms with Crippen molar-refractivity contribution in [1.82, 2.24) is 0 Å². The van der Waals surface area contributed by atoms with Gasteiger partial charge in [-0.1, -0.05) is 87.9 Å². The molecular formula is C36H36N2O2S3. The number of nitrogens with zero attached hydrogens (tertiary/aromatic N) is 2. The first-order valence-corrected chi connectivity index (χ1v) is 17.2. The number of ether oxygens (including phenoxy) is 1. The number of aliphatic imine (C=N–C) groups is 1. The van der Waals surface area contributed by atoms with E-state index in [9.17, 15) is 4.79 Å². The Bertz CT molecular complexity index is 1730. The highest BCUT2D eigenvalue weighted by Crippen LogP contribution is 2.54. The second-order valence-electron chi connectivity index (χ2n) is 11.8. The minimum Gasteiger partial charge on any atom is -0.423 e. The summed E-state index contributed by atoms with van der Waals surface area (Å²) in [5, 5.41) is 2.06. The molecule has 4 nitrogen and oxygen atoms in total. The molecule has 1 unspecified atom stereocenters. The van der Waals surface area contributed by atoms with Gasteiger partial charge >= 0.3 is 5.97 Å². The van der Waals surface area contributed by atoms with Crippen molar-refractivity contribution in [2.24, 2.45) is 4.99 Å². The summed E-state index contributed by atoms with van der Waals surface area (Å²) in [4.78, 5) is 20.6. The molecule has 7 heteroatoms. The maximum Gasteiger partial charge on any atom is 0.343 e. The van der Waals surface area contributed by atoms with Crippen LogP contribution in [0.25, 0.3) is 10.8 Å². The molecule has 1 spiro atoms. The molecule has 4 aromatic rings. The van der Waals surface area contributed by atoms with E-state index in [0.717, 1.165) is 43.5 Å². The van der Waals surface area contributed by atoms with Crippen molar-refractivity contribution in [2.75, 3.05) is 17.7 Å². The summed E-state index contributed by atoms with van der Waals surface area (Å²) in [5.74, 6) is 2.01. The fourth-order valence-electron chi connectivity index (χ4n) is 6.33. The van der Waals surface area contributed by atoms with Gasteiger partial charge < -0.3 is 9.64 Å². The Morgan fingerprint density at radius 3 is 2.56 bits per heavy atom. The van der Waals surface area contributed by atoms with Crippen molar-refractivity contribution in [3.8, 4) is 5.75 Å². The van der Waals surface area contributed by atoms with Crippen LogP contribution >= 0.6 is 35.7 Å². The molecule has 0 fully saturated rings. The van der Waals surface area contributed by atoms with E-state index in [-0.39, 0.29) is 16.9 Å². The highest BCUT2D eigenvalue weighted by atomic mass is 32.2. The Kier molecular flexibility index (Phi) is 8.42. The molecule has 2 heterocycles.